The second-order valence-electron chi connectivity index (χ2n) is 5.93. The Balaban J connectivity index is 1.59. The topological polar surface area (TPSA) is 120 Å². The van der Waals surface area contributed by atoms with Gasteiger partial charge in [-0.05, 0) is 31.4 Å². The predicted octanol–water partition coefficient (Wildman–Crippen LogP) is -0.112. The number of amides is 2. The zero-order valence-corrected chi connectivity index (χ0v) is 13.7. The van der Waals surface area contributed by atoms with Crippen LogP contribution in [-0.2, 0) is 16.0 Å². The quantitative estimate of drug-likeness (QED) is 0.259. The molecular weight excluding hydrogens is 306 g/mol. The standard InChI is InChI=1S/C17H25N5O2/c18-16(19)13-6-4-12(5-7-13)11-15(23)21-9-2-10-22-17(24)14-3-1-8-20-14/h4-7,14,20H,1-3,8-11H2,(H3,18,19)(H,21,23)(H,22,24)/t14-/m0/s1. The average molecular weight is 331 g/mol. The second kappa shape index (κ2) is 9.02. The van der Waals surface area contributed by atoms with E-state index < -0.39 is 0 Å². The normalized spacial score (nSPS) is 16.6. The number of benzene rings is 1. The van der Waals surface area contributed by atoms with Gasteiger partial charge in [-0.3, -0.25) is 15.0 Å². The molecule has 0 spiro atoms. The van der Waals surface area contributed by atoms with Crippen LogP contribution in [0.2, 0.25) is 0 Å². The number of hydrogen-bond acceptors (Lipinski definition) is 4. The molecule has 1 heterocycles. The largest absolute Gasteiger partial charge is 0.384 e. The van der Waals surface area contributed by atoms with Gasteiger partial charge in [-0.15, -0.1) is 0 Å². The molecule has 2 rings (SSSR count). The molecule has 7 heteroatoms. The van der Waals surface area contributed by atoms with Crippen molar-refractivity contribution in [3.8, 4) is 0 Å². The summed E-state index contributed by atoms with van der Waals surface area (Å²) in [5, 5.41) is 16.2. The molecular formula is C17H25N5O2. The van der Waals surface area contributed by atoms with Crippen molar-refractivity contribution in [1.82, 2.24) is 16.0 Å². The molecule has 6 N–H and O–H groups in total. The van der Waals surface area contributed by atoms with E-state index in [1.54, 1.807) is 24.3 Å². The maximum Gasteiger partial charge on any atom is 0.237 e. The highest BCUT2D eigenvalue weighted by Gasteiger charge is 2.21. The highest BCUT2D eigenvalue weighted by atomic mass is 16.2. The first kappa shape index (κ1) is 17.9. The maximum atomic E-state index is 11.9. The fraction of sp³-hybridized carbons (Fsp3) is 0.471. The first-order valence-electron chi connectivity index (χ1n) is 8.27. The van der Waals surface area contributed by atoms with E-state index in [0.29, 0.717) is 25.1 Å². The summed E-state index contributed by atoms with van der Waals surface area (Å²) in [6.07, 6.45) is 2.93. The van der Waals surface area contributed by atoms with Crippen LogP contribution >= 0.6 is 0 Å². The van der Waals surface area contributed by atoms with Gasteiger partial charge >= 0.3 is 0 Å². The Morgan fingerprint density at radius 1 is 1.21 bits per heavy atom. The SMILES string of the molecule is N=C(N)c1ccc(CC(=O)NCCCNC(=O)[C@@H]2CCCN2)cc1. The van der Waals surface area contributed by atoms with Crippen LogP contribution in [0.15, 0.2) is 24.3 Å². The summed E-state index contributed by atoms with van der Waals surface area (Å²) >= 11 is 0. The summed E-state index contributed by atoms with van der Waals surface area (Å²) in [4.78, 5) is 23.6. The summed E-state index contributed by atoms with van der Waals surface area (Å²) in [7, 11) is 0. The van der Waals surface area contributed by atoms with Crippen LogP contribution in [0.5, 0.6) is 0 Å². The molecule has 0 radical (unpaired) electrons. The van der Waals surface area contributed by atoms with Crippen molar-refractivity contribution in [3.63, 3.8) is 0 Å². The minimum absolute atomic E-state index is 0.0147. The van der Waals surface area contributed by atoms with Gasteiger partial charge in [0.1, 0.15) is 5.84 Å². The molecule has 2 amide bonds. The molecule has 24 heavy (non-hydrogen) atoms. The van der Waals surface area contributed by atoms with Crippen molar-refractivity contribution in [2.75, 3.05) is 19.6 Å². The van der Waals surface area contributed by atoms with E-state index in [1.807, 2.05) is 0 Å². The van der Waals surface area contributed by atoms with Gasteiger partial charge in [0.25, 0.3) is 0 Å². The van der Waals surface area contributed by atoms with Gasteiger partial charge in [-0.25, -0.2) is 0 Å². The Morgan fingerprint density at radius 3 is 2.54 bits per heavy atom. The highest BCUT2D eigenvalue weighted by Crippen LogP contribution is 2.05. The molecule has 0 unspecified atom stereocenters. The van der Waals surface area contributed by atoms with Crippen molar-refractivity contribution >= 4 is 17.6 Å². The number of rotatable bonds is 8. The van der Waals surface area contributed by atoms with E-state index in [1.165, 1.54) is 0 Å². The van der Waals surface area contributed by atoms with Gasteiger partial charge in [-0.2, -0.15) is 0 Å². The molecule has 130 valence electrons. The number of amidine groups is 1. The molecule has 1 fully saturated rings. The van der Waals surface area contributed by atoms with Crippen molar-refractivity contribution in [1.29, 1.82) is 5.41 Å². The van der Waals surface area contributed by atoms with Crippen LogP contribution in [0, 0.1) is 5.41 Å². The third kappa shape index (κ3) is 5.66. The van der Waals surface area contributed by atoms with E-state index in [4.69, 9.17) is 11.1 Å². The summed E-state index contributed by atoms with van der Waals surface area (Å²) in [6.45, 7) is 1.99. The minimum atomic E-state index is -0.0608. The van der Waals surface area contributed by atoms with Crippen LogP contribution in [0.25, 0.3) is 0 Å². The van der Waals surface area contributed by atoms with Gasteiger partial charge in [-0.1, -0.05) is 24.3 Å². The summed E-state index contributed by atoms with van der Waals surface area (Å²) < 4.78 is 0. The van der Waals surface area contributed by atoms with Crippen molar-refractivity contribution in [2.45, 2.75) is 31.7 Å². The summed E-state index contributed by atoms with van der Waals surface area (Å²) in [6, 6.07) is 7.00. The smallest absolute Gasteiger partial charge is 0.237 e. The van der Waals surface area contributed by atoms with Crippen LogP contribution in [0.4, 0.5) is 0 Å². The van der Waals surface area contributed by atoms with Crippen LogP contribution in [-0.4, -0.2) is 43.3 Å². The minimum Gasteiger partial charge on any atom is -0.384 e. The first-order valence-corrected chi connectivity index (χ1v) is 8.27. The average Bonchev–Trinajstić information content (AvgIpc) is 3.09. The Kier molecular flexibility index (Phi) is 6.74. The fourth-order valence-corrected chi connectivity index (χ4v) is 2.61. The van der Waals surface area contributed by atoms with E-state index >= 15 is 0 Å². The lowest BCUT2D eigenvalue weighted by molar-refractivity contribution is -0.122. The van der Waals surface area contributed by atoms with E-state index in [0.717, 1.165) is 24.9 Å². The molecule has 1 aromatic carbocycles. The maximum absolute atomic E-state index is 11.9. The molecule has 1 atom stereocenters. The summed E-state index contributed by atoms with van der Waals surface area (Å²) in [5.41, 5.74) is 6.91. The predicted molar refractivity (Wildman–Crippen MR) is 92.8 cm³/mol. The Labute approximate surface area is 141 Å². The molecule has 1 aromatic rings. The number of nitrogens with one attached hydrogen (secondary N) is 4. The molecule has 1 saturated heterocycles. The zero-order chi connectivity index (χ0) is 17.4. The first-order chi connectivity index (χ1) is 11.6. The Hall–Kier alpha value is -2.41. The third-order valence-corrected chi connectivity index (χ3v) is 3.98. The lowest BCUT2D eigenvalue weighted by atomic mass is 10.1. The van der Waals surface area contributed by atoms with Crippen molar-refractivity contribution < 1.29 is 9.59 Å². The van der Waals surface area contributed by atoms with Gasteiger partial charge in [0.05, 0.1) is 12.5 Å². The molecule has 0 bridgehead atoms. The lowest BCUT2D eigenvalue weighted by Gasteiger charge is -2.11. The van der Waals surface area contributed by atoms with Gasteiger partial charge in [0, 0.05) is 18.7 Å². The monoisotopic (exact) mass is 331 g/mol. The van der Waals surface area contributed by atoms with Gasteiger partial charge in [0.15, 0.2) is 0 Å². The highest BCUT2D eigenvalue weighted by molar-refractivity contribution is 5.95. The lowest BCUT2D eigenvalue weighted by Crippen LogP contribution is -2.41. The molecule has 1 aliphatic heterocycles. The van der Waals surface area contributed by atoms with E-state index in [-0.39, 0.29) is 30.1 Å². The molecule has 0 saturated carbocycles. The van der Waals surface area contributed by atoms with Crippen molar-refractivity contribution in [2.24, 2.45) is 5.73 Å². The second-order valence-corrected chi connectivity index (χ2v) is 5.93. The van der Waals surface area contributed by atoms with Crippen LogP contribution in [0.1, 0.15) is 30.4 Å². The number of hydrogen-bond donors (Lipinski definition) is 5. The number of carbonyl (C=O) groups excluding carboxylic acids is 2. The number of nitrogens with two attached hydrogens (primary N) is 1. The third-order valence-electron chi connectivity index (χ3n) is 3.98. The van der Waals surface area contributed by atoms with Crippen molar-refractivity contribution in [3.05, 3.63) is 35.4 Å². The molecule has 1 aliphatic rings. The van der Waals surface area contributed by atoms with Gasteiger partial charge in [0.2, 0.25) is 11.8 Å². The van der Waals surface area contributed by atoms with Crippen LogP contribution < -0.4 is 21.7 Å². The van der Waals surface area contributed by atoms with Crippen LogP contribution in [0.3, 0.4) is 0 Å². The zero-order valence-electron chi connectivity index (χ0n) is 13.7. The van der Waals surface area contributed by atoms with E-state index in [2.05, 4.69) is 16.0 Å². The van der Waals surface area contributed by atoms with E-state index in [9.17, 15) is 9.59 Å². The molecule has 0 aliphatic carbocycles. The van der Waals surface area contributed by atoms with Gasteiger partial charge < -0.3 is 21.7 Å². The Bertz CT molecular complexity index is 579. The summed E-state index contributed by atoms with van der Waals surface area (Å²) in [5.74, 6) is -0.000369. The number of nitrogen functional groups attached to an aromatic ring is 1. The number of carbonyl (C=O) groups is 2. The molecule has 0 aromatic heterocycles. The fourth-order valence-electron chi connectivity index (χ4n) is 2.61. The molecule has 7 nitrogen and oxygen atoms in total. The Morgan fingerprint density at radius 2 is 1.92 bits per heavy atom.